The average molecular weight is 311 g/mol. The first-order chi connectivity index (χ1) is 11.3. The minimum atomic E-state index is -0.237. The summed E-state index contributed by atoms with van der Waals surface area (Å²) in [4.78, 5) is 11.7. The fourth-order valence-electron chi connectivity index (χ4n) is 2.58. The Morgan fingerprint density at radius 2 is 1.70 bits per heavy atom. The van der Waals surface area contributed by atoms with E-state index in [1.165, 1.54) is 0 Å². The van der Waals surface area contributed by atoms with Crippen LogP contribution in [0.25, 0.3) is 0 Å². The van der Waals surface area contributed by atoms with Crippen LogP contribution in [0.4, 0.5) is 0 Å². The van der Waals surface area contributed by atoms with Gasteiger partial charge in [0.2, 0.25) is 0 Å². The van der Waals surface area contributed by atoms with E-state index in [2.05, 4.69) is 5.16 Å². The summed E-state index contributed by atoms with van der Waals surface area (Å²) < 4.78 is 5.01. The molecule has 0 radical (unpaired) electrons. The molecule has 0 bridgehead atoms. The van der Waals surface area contributed by atoms with Crippen molar-refractivity contribution in [1.29, 1.82) is 0 Å². The number of esters is 1. The van der Waals surface area contributed by atoms with Crippen molar-refractivity contribution in [3.8, 4) is 0 Å². The van der Waals surface area contributed by atoms with Gasteiger partial charge in [-0.15, -0.1) is 0 Å². The maximum Gasteiger partial charge on any atom is 0.305 e. The zero-order valence-corrected chi connectivity index (χ0v) is 13.2. The molecule has 0 aliphatic rings. The van der Waals surface area contributed by atoms with E-state index >= 15 is 0 Å². The second-order valence-electron chi connectivity index (χ2n) is 5.16. The molecule has 0 saturated heterocycles. The zero-order valence-electron chi connectivity index (χ0n) is 13.2. The van der Waals surface area contributed by atoms with E-state index in [0.29, 0.717) is 18.7 Å². The molecule has 1 N–H and O–H groups in total. The van der Waals surface area contributed by atoms with Gasteiger partial charge in [0, 0.05) is 12.3 Å². The lowest BCUT2D eigenvalue weighted by Gasteiger charge is -2.18. The molecule has 2 aromatic carbocycles. The van der Waals surface area contributed by atoms with Crippen molar-refractivity contribution in [3.05, 3.63) is 71.8 Å². The molecule has 4 heteroatoms. The maximum absolute atomic E-state index is 11.7. The van der Waals surface area contributed by atoms with Crippen molar-refractivity contribution in [3.63, 3.8) is 0 Å². The number of ether oxygens (including phenoxy) is 1. The highest BCUT2D eigenvalue weighted by molar-refractivity contribution is 6.04. The van der Waals surface area contributed by atoms with Gasteiger partial charge >= 0.3 is 5.97 Å². The van der Waals surface area contributed by atoms with Crippen LogP contribution in [0.15, 0.2) is 65.8 Å². The van der Waals surface area contributed by atoms with Gasteiger partial charge in [-0.1, -0.05) is 65.8 Å². The molecule has 0 amide bonds. The van der Waals surface area contributed by atoms with Crippen LogP contribution in [-0.2, 0) is 9.53 Å². The van der Waals surface area contributed by atoms with E-state index in [-0.39, 0.29) is 18.3 Å². The number of carbonyl (C=O) groups is 1. The van der Waals surface area contributed by atoms with Gasteiger partial charge in [0.25, 0.3) is 0 Å². The summed E-state index contributed by atoms with van der Waals surface area (Å²) in [7, 11) is 0. The lowest BCUT2D eigenvalue weighted by molar-refractivity contribution is -0.143. The van der Waals surface area contributed by atoms with Crippen LogP contribution in [0.5, 0.6) is 0 Å². The van der Waals surface area contributed by atoms with E-state index in [1.54, 1.807) is 6.92 Å². The summed E-state index contributed by atoms with van der Waals surface area (Å²) in [5, 5.41) is 13.1. The van der Waals surface area contributed by atoms with Crippen LogP contribution in [0.2, 0.25) is 0 Å². The molecule has 4 nitrogen and oxygen atoms in total. The lowest BCUT2D eigenvalue weighted by atomic mass is 9.86. The number of nitrogens with zero attached hydrogens (tertiary/aromatic N) is 1. The minimum Gasteiger partial charge on any atom is -0.466 e. The zero-order chi connectivity index (χ0) is 16.5. The molecular formula is C19H21NO3. The number of hydrogen-bond donors (Lipinski definition) is 1. The van der Waals surface area contributed by atoms with Gasteiger partial charge in [-0.3, -0.25) is 4.79 Å². The Labute approximate surface area is 136 Å². The highest BCUT2D eigenvalue weighted by Crippen LogP contribution is 2.26. The van der Waals surface area contributed by atoms with Crippen molar-refractivity contribution < 1.29 is 14.7 Å². The predicted molar refractivity (Wildman–Crippen MR) is 89.8 cm³/mol. The Hall–Kier alpha value is -2.62. The number of oxime groups is 1. The summed E-state index contributed by atoms with van der Waals surface area (Å²) in [5.41, 5.74) is 2.40. The number of rotatable bonds is 7. The number of hydrogen-bond acceptors (Lipinski definition) is 4. The summed E-state index contributed by atoms with van der Waals surface area (Å²) >= 11 is 0. The molecule has 1 atom stereocenters. The van der Waals surface area contributed by atoms with Crippen LogP contribution >= 0.6 is 0 Å². The maximum atomic E-state index is 11.7. The Bertz CT molecular complexity index is 638. The van der Waals surface area contributed by atoms with Crippen molar-refractivity contribution in [2.75, 3.05) is 6.61 Å². The molecule has 0 aliphatic carbocycles. The van der Waals surface area contributed by atoms with Crippen LogP contribution in [0.3, 0.4) is 0 Å². The molecule has 0 aromatic heterocycles. The van der Waals surface area contributed by atoms with Crippen LogP contribution in [0, 0.1) is 0 Å². The molecule has 1 unspecified atom stereocenters. The van der Waals surface area contributed by atoms with Crippen molar-refractivity contribution >= 4 is 11.7 Å². The van der Waals surface area contributed by atoms with Gasteiger partial charge in [0.05, 0.1) is 12.3 Å². The van der Waals surface area contributed by atoms with Crippen molar-refractivity contribution in [2.24, 2.45) is 5.16 Å². The summed E-state index contributed by atoms with van der Waals surface area (Å²) in [6, 6.07) is 19.3. The third kappa shape index (κ3) is 4.68. The second-order valence-corrected chi connectivity index (χ2v) is 5.16. The van der Waals surface area contributed by atoms with E-state index in [0.717, 1.165) is 11.1 Å². The molecule has 0 aliphatic heterocycles. The fraction of sp³-hybridized carbons (Fsp3) is 0.263. The van der Waals surface area contributed by atoms with Gasteiger partial charge in [-0.25, -0.2) is 0 Å². The Morgan fingerprint density at radius 1 is 1.09 bits per heavy atom. The molecule has 0 fully saturated rings. The fourth-order valence-corrected chi connectivity index (χ4v) is 2.58. The Balaban J connectivity index is 2.27. The first-order valence-corrected chi connectivity index (χ1v) is 7.74. The average Bonchev–Trinajstić information content (AvgIpc) is 2.60. The van der Waals surface area contributed by atoms with E-state index < -0.39 is 0 Å². The number of carbonyl (C=O) groups excluding carboxylic acids is 1. The van der Waals surface area contributed by atoms with Gasteiger partial charge in [-0.2, -0.15) is 0 Å². The molecule has 120 valence electrons. The monoisotopic (exact) mass is 311 g/mol. The minimum absolute atomic E-state index is 0.173. The second kappa shape index (κ2) is 8.73. The van der Waals surface area contributed by atoms with Gasteiger partial charge in [0.15, 0.2) is 0 Å². The third-order valence-electron chi connectivity index (χ3n) is 3.65. The highest BCUT2D eigenvalue weighted by Gasteiger charge is 2.22. The van der Waals surface area contributed by atoms with Crippen molar-refractivity contribution in [1.82, 2.24) is 0 Å². The lowest BCUT2D eigenvalue weighted by Crippen LogP contribution is -2.16. The Morgan fingerprint density at radius 3 is 2.26 bits per heavy atom. The smallest absolute Gasteiger partial charge is 0.305 e. The van der Waals surface area contributed by atoms with E-state index in [4.69, 9.17) is 4.74 Å². The quantitative estimate of drug-likeness (QED) is 0.364. The van der Waals surface area contributed by atoms with Crippen molar-refractivity contribution in [2.45, 2.75) is 25.7 Å². The normalized spacial score (nSPS) is 12.7. The van der Waals surface area contributed by atoms with Crippen LogP contribution < -0.4 is 0 Å². The first kappa shape index (κ1) is 16.7. The summed E-state index contributed by atoms with van der Waals surface area (Å²) in [5.74, 6) is -0.410. The standard InChI is InChI=1S/C19H21NO3/c1-2-23-18(21)14-13-17(15-9-5-3-6-10-15)19(20-22)16-11-7-4-8-12-16/h3-12,17,22H,2,13-14H2,1H3/b20-19-. The van der Waals surface area contributed by atoms with Crippen LogP contribution in [0.1, 0.15) is 36.8 Å². The molecule has 23 heavy (non-hydrogen) atoms. The molecule has 2 aromatic rings. The molecule has 0 saturated carbocycles. The van der Waals surface area contributed by atoms with Gasteiger partial charge in [-0.05, 0) is 24.5 Å². The predicted octanol–water partition coefficient (Wildman–Crippen LogP) is 3.99. The van der Waals surface area contributed by atoms with Crippen LogP contribution in [-0.4, -0.2) is 23.5 Å². The largest absolute Gasteiger partial charge is 0.466 e. The number of benzene rings is 2. The van der Waals surface area contributed by atoms with E-state index in [1.807, 2.05) is 60.7 Å². The van der Waals surface area contributed by atoms with Gasteiger partial charge in [0.1, 0.15) is 0 Å². The topological polar surface area (TPSA) is 58.9 Å². The summed E-state index contributed by atoms with van der Waals surface area (Å²) in [6.45, 7) is 2.16. The molecule has 0 spiro atoms. The summed E-state index contributed by atoms with van der Waals surface area (Å²) in [6.07, 6.45) is 0.802. The third-order valence-corrected chi connectivity index (χ3v) is 3.65. The molecule has 2 rings (SSSR count). The Kier molecular flexibility index (Phi) is 6.36. The molecular weight excluding hydrogens is 290 g/mol. The SMILES string of the molecule is CCOC(=O)CCC(/C(=N\O)c1ccccc1)c1ccccc1. The van der Waals surface area contributed by atoms with E-state index in [9.17, 15) is 10.0 Å². The molecule has 0 heterocycles. The first-order valence-electron chi connectivity index (χ1n) is 7.74. The highest BCUT2D eigenvalue weighted by atomic mass is 16.5. The van der Waals surface area contributed by atoms with Gasteiger partial charge < -0.3 is 9.94 Å².